The third-order valence-corrected chi connectivity index (χ3v) is 4.34. The number of hydrogen-bond acceptors (Lipinski definition) is 4. The predicted octanol–water partition coefficient (Wildman–Crippen LogP) is 2.42. The molecule has 1 aromatic heterocycles. The Labute approximate surface area is 132 Å². The van der Waals surface area contributed by atoms with Crippen LogP contribution in [0.1, 0.15) is 24.0 Å². The van der Waals surface area contributed by atoms with Crippen LogP contribution in [-0.4, -0.2) is 29.0 Å². The quantitative estimate of drug-likeness (QED) is 0.890. The van der Waals surface area contributed by atoms with E-state index in [-0.39, 0.29) is 0 Å². The zero-order chi connectivity index (χ0) is 15.2. The Balaban J connectivity index is 1.43. The lowest BCUT2D eigenvalue weighted by Gasteiger charge is -2.32. The molecule has 1 saturated heterocycles. The third kappa shape index (κ3) is 4.06. The maximum absolute atomic E-state index is 5.88. The normalized spacial score (nSPS) is 16.7. The molecule has 0 aliphatic carbocycles. The smallest absolute Gasteiger partial charge is 0.127 e. The van der Waals surface area contributed by atoms with Gasteiger partial charge in [-0.25, -0.2) is 4.98 Å². The van der Waals surface area contributed by atoms with E-state index < -0.39 is 0 Å². The number of pyridine rings is 1. The van der Waals surface area contributed by atoms with Crippen molar-refractivity contribution >= 4 is 5.82 Å². The second kappa shape index (κ2) is 7.38. The van der Waals surface area contributed by atoms with Crippen LogP contribution in [0.3, 0.4) is 0 Å². The summed E-state index contributed by atoms with van der Waals surface area (Å²) in [6, 6.07) is 15.3. The van der Waals surface area contributed by atoms with Crippen molar-refractivity contribution in [2.24, 2.45) is 0 Å². The summed E-state index contributed by atoms with van der Waals surface area (Å²) in [5.41, 5.74) is 8.38. The molecule has 2 aromatic rings. The number of aromatic nitrogens is 1. The maximum atomic E-state index is 5.88. The van der Waals surface area contributed by atoms with Crippen molar-refractivity contribution in [2.45, 2.75) is 32.0 Å². The summed E-state index contributed by atoms with van der Waals surface area (Å²) in [7, 11) is 0. The number of nitrogens with zero attached hydrogens (tertiary/aromatic N) is 2. The molecule has 0 unspecified atom stereocenters. The summed E-state index contributed by atoms with van der Waals surface area (Å²) in [5, 5.41) is 3.62. The predicted molar refractivity (Wildman–Crippen MR) is 90.2 cm³/mol. The molecule has 4 nitrogen and oxygen atoms in total. The Hall–Kier alpha value is -1.91. The molecule has 1 aliphatic rings. The standard InChI is InChI=1S/C18H24N4/c19-18-16(7-4-10-20-18)13-21-17-8-11-22(12-9-17)14-15-5-2-1-3-6-15/h1-7,10,17,21H,8-9,11-14H2,(H2,19,20). The van der Waals surface area contributed by atoms with Gasteiger partial charge in [-0.15, -0.1) is 0 Å². The Morgan fingerprint density at radius 2 is 1.86 bits per heavy atom. The lowest BCUT2D eigenvalue weighted by atomic mass is 10.0. The SMILES string of the molecule is Nc1ncccc1CNC1CCN(Cc2ccccc2)CC1. The van der Waals surface area contributed by atoms with Crippen LogP contribution >= 0.6 is 0 Å². The van der Waals surface area contributed by atoms with Crippen molar-refractivity contribution in [1.82, 2.24) is 15.2 Å². The van der Waals surface area contributed by atoms with Gasteiger partial charge in [-0.2, -0.15) is 0 Å². The Morgan fingerprint density at radius 1 is 1.09 bits per heavy atom. The van der Waals surface area contributed by atoms with Gasteiger partial charge in [0.05, 0.1) is 0 Å². The molecule has 3 N–H and O–H groups in total. The molecular formula is C18H24N4. The van der Waals surface area contributed by atoms with Crippen molar-refractivity contribution in [1.29, 1.82) is 0 Å². The summed E-state index contributed by atoms with van der Waals surface area (Å²) in [4.78, 5) is 6.66. The topological polar surface area (TPSA) is 54.2 Å². The Kier molecular flexibility index (Phi) is 5.03. The average Bonchev–Trinajstić information content (AvgIpc) is 2.56. The molecule has 22 heavy (non-hydrogen) atoms. The van der Waals surface area contributed by atoms with Crippen LogP contribution in [-0.2, 0) is 13.1 Å². The Morgan fingerprint density at radius 3 is 2.59 bits per heavy atom. The van der Waals surface area contributed by atoms with Gasteiger partial charge in [0.2, 0.25) is 0 Å². The average molecular weight is 296 g/mol. The molecule has 4 heteroatoms. The van der Waals surface area contributed by atoms with E-state index in [0.717, 1.165) is 31.7 Å². The first-order valence-corrected chi connectivity index (χ1v) is 8.00. The molecule has 116 valence electrons. The molecule has 0 spiro atoms. The molecule has 0 atom stereocenters. The lowest BCUT2D eigenvalue weighted by molar-refractivity contribution is 0.190. The minimum atomic E-state index is 0.576. The summed E-state index contributed by atoms with van der Waals surface area (Å²) in [5.74, 6) is 0.636. The highest BCUT2D eigenvalue weighted by Crippen LogP contribution is 2.15. The molecule has 0 amide bonds. The molecule has 1 aromatic carbocycles. The first-order chi connectivity index (χ1) is 10.8. The number of benzene rings is 1. The van der Waals surface area contributed by atoms with Gasteiger partial charge < -0.3 is 11.1 Å². The summed E-state index contributed by atoms with van der Waals surface area (Å²) < 4.78 is 0. The van der Waals surface area contributed by atoms with E-state index in [4.69, 9.17) is 5.73 Å². The van der Waals surface area contributed by atoms with Crippen LogP contribution in [0.5, 0.6) is 0 Å². The minimum Gasteiger partial charge on any atom is -0.383 e. The first kappa shape index (κ1) is 15.0. The summed E-state index contributed by atoms with van der Waals surface area (Å²) in [6.45, 7) is 4.16. The number of anilines is 1. The van der Waals surface area contributed by atoms with Gasteiger partial charge in [0.25, 0.3) is 0 Å². The van der Waals surface area contributed by atoms with Gasteiger partial charge in [-0.3, -0.25) is 4.90 Å². The largest absolute Gasteiger partial charge is 0.383 e. The summed E-state index contributed by atoms with van der Waals surface area (Å²) in [6.07, 6.45) is 4.11. The van der Waals surface area contributed by atoms with Crippen LogP contribution < -0.4 is 11.1 Å². The number of hydrogen-bond donors (Lipinski definition) is 2. The molecular weight excluding hydrogens is 272 g/mol. The summed E-state index contributed by atoms with van der Waals surface area (Å²) >= 11 is 0. The second-order valence-electron chi connectivity index (χ2n) is 5.96. The van der Waals surface area contributed by atoms with Gasteiger partial charge >= 0.3 is 0 Å². The molecule has 3 rings (SSSR count). The van der Waals surface area contributed by atoms with Gasteiger partial charge in [-0.1, -0.05) is 36.4 Å². The second-order valence-corrected chi connectivity index (χ2v) is 5.96. The van der Waals surface area contributed by atoms with E-state index in [0.29, 0.717) is 11.9 Å². The zero-order valence-electron chi connectivity index (χ0n) is 12.9. The highest BCUT2D eigenvalue weighted by molar-refractivity contribution is 5.38. The van der Waals surface area contributed by atoms with Crippen LogP contribution in [0.25, 0.3) is 0 Å². The Bertz CT molecular complexity index is 577. The fourth-order valence-electron chi connectivity index (χ4n) is 2.99. The molecule has 2 heterocycles. The highest BCUT2D eigenvalue weighted by Gasteiger charge is 2.18. The lowest BCUT2D eigenvalue weighted by Crippen LogP contribution is -2.41. The van der Waals surface area contributed by atoms with E-state index in [9.17, 15) is 0 Å². The minimum absolute atomic E-state index is 0.576. The highest BCUT2D eigenvalue weighted by atomic mass is 15.1. The van der Waals surface area contributed by atoms with Gasteiger partial charge in [0, 0.05) is 30.9 Å². The van der Waals surface area contributed by atoms with Gasteiger partial charge in [0.15, 0.2) is 0 Å². The molecule has 1 fully saturated rings. The van der Waals surface area contributed by atoms with Crippen molar-refractivity contribution in [3.63, 3.8) is 0 Å². The maximum Gasteiger partial charge on any atom is 0.127 e. The van der Waals surface area contributed by atoms with Crippen molar-refractivity contribution < 1.29 is 0 Å². The number of nitrogens with one attached hydrogen (secondary N) is 1. The molecule has 1 aliphatic heterocycles. The van der Waals surface area contributed by atoms with Crippen molar-refractivity contribution in [3.8, 4) is 0 Å². The van der Waals surface area contributed by atoms with E-state index in [1.54, 1.807) is 6.20 Å². The van der Waals surface area contributed by atoms with Crippen molar-refractivity contribution in [3.05, 3.63) is 59.8 Å². The van der Waals surface area contributed by atoms with Crippen molar-refractivity contribution in [2.75, 3.05) is 18.8 Å². The van der Waals surface area contributed by atoms with Crippen LogP contribution in [0.2, 0.25) is 0 Å². The molecule has 0 bridgehead atoms. The van der Waals surface area contributed by atoms with Crippen LogP contribution in [0, 0.1) is 0 Å². The van der Waals surface area contributed by atoms with Gasteiger partial charge in [0.1, 0.15) is 5.82 Å². The van der Waals surface area contributed by atoms with E-state index >= 15 is 0 Å². The van der Waals surface area contributed by atoms with Crippen LogP contribution in [0.4, 0.5) is 5.82 Å². The van der Waals surface area contributed by atoms with Gasteiger partial charge in [-0.05, 0) is 37.6 Å². The molecule has 0 saturated carbocycles. The van der Waals surface area contributed by atoms with E-state index in [1.165, 1.54) is 18.4 Å². The number of likely N-dealkylation sites (tertiary alicyclic amines) is 1. The number of nitrogen functional groups attached to an aromatic ring is 1. The first-order valence-electron chi connectivity index (χ1n) is 8.00. The molecule has 0 radical (unpaired) electrons. The number of piperidine rings is 1. The number of rotatable bonds is 5. The fraction of sp³-hybridized carbons (Fsp3) is 0.389. The third-order valence-electron chi connectivity index (χ3n) is 4.34. The number of nitrogens with two attached hydrogens (primary N) is 1. The van der Waals surface area contributed by atoms with E-state index in [2.05, 4.69) is 45.5 Å². The van der Waals surface area contributed by atoms with E-state index in [1.807, 2.05) is 12.1 Å². The monoisotopic (exact) mass is 296 g/mol. The zero-order valence-corrected chi connectivity index (χ0v) is 12.9. The fourth-order valence-corrected chi connectivity index (χ4v) is 2.99. The van der Waals surface area contributed by atoms with Crippen LogP contribution in [0.15, 0.2) is 48.7 Å².